The second kappa shape index (κ2) is 5.36. The van der Waals surface area contributed by atoms with Crippen LogP contribution in [0.1, 0.15) is 21.7 Å². The summed E-state index contributed by atoms with van der Waals surface area (Å²) in [5, 5.41) is 0.455. The predicted molar refractivity (Wildman–Crippen MR) is 75.1 cm³/mol. The van der Waals surface area contributed by atoms with Crippen LogP contribution < -0.4 is 5.73 Å². The minimum Gasteiger partial charge on any atom is -0.469 e. The molecule has 2 N–H and O–H groups in total. The Morgan fingerprint density at radius 1 is 1.42 bits per heavy atom. The Morgan fingerprint density at radius 3 is 2.74 bits per heavy atom. The van der Waals surface area contributed by atoms with Crippen LogP contribution in [0, 0.1) is 6.92 Å². The number of hydrogen-bond donors (Lipinski definition) is 1. The van der Waals surface area contributed by atoms with Crippen molar-refractivity contribution in [3.63, 3.8) is 0 Å². The smallest absolute Gasteiger partial charge is 0.254 e. The van der Waals surface area contributed by atoms with E-state index in [2.05, 4.69) is 0 Å². The molecule has 1 aromatic heterocycles. The monoisotopic (exact) mass is 278 g/mol. The molecule has 2 aromatic rings. The van der Waals surface area contributed by atoms with Gasteiger partial charge in [-0.2, -0.15) is 0 Å². The van der Waals surface area contributed by atoms with Gasteiger partial charge >= 0.3 is 0 Å². The number of halogens is 1. The highest BCUT2D eigenvalue weighted by molar-refractivity contribution is 6.31. The Balaban J connectivity index is 2.17. The lowest BCUT2D eigenvalue weighted by molar-refractivity contribution is 0.0784. The topological polar surface area (TPSA) is 59.5 Å². The number of nitrogens with zero attached hydrogens (tertiary/aromatic N) is 1. The first-order valence-electron chi connectivity index (χ1n) is 5.82. The van der Waals surface area contributed by atoms with Crippen LogP contribution in [0.2, 0.25) is 5.02 Å². The maximum Gasteiger partial charge on any atom is 0.254 e. The molecule has 2 rings (SSSR count). The molecule has 1 heterocycles. The van der Waals surface area contributed by atoms with Gasteiger partial charge in [0.2, 0.25) is 0 Å². The fourth-order valence-electron chi connectivity index (χ4n) is 1.86. The molecule has 4 nitrogen and oxygen atoms in total. The second-order valence-electron chi connectivity index (χ2n) is 4.44. The molecular weight excluding hydrogens is 264 g/mol. The third-order valence-electron chi connectivity index (χ3n) is 2.89. The van der Waals surface area contributed by atoms with Crippen LogP contribution in [0.5, 0.6) is 0 Å². The molecule has 0 aliphatic rings. The number of nitrogens with two attached hydrogens (primary N) is 1. The van der Waals surface area contributed by atoms with Gasteiger partial charge in [0.1, 0.15) is 5.76 Å². The quantitative estimate of drug-likeness (QED) is 0.878. The van der Waals surface area contributed by atoms with Gasteiger partial charge in [-0.15, -0.1) is 0 Å². The average molecular weight is 279 g/mol. The predicted octanol–water partition coefficient (Wildman–Crippen LogP) is 3.10. The zero-order valence-electron chi connectivity index (χ0n) is 10.8. The molecule has 100 valence electrons. The van der Waals surface area contributed by atoms with Crippen LogP contribution in [-0.4, -0.2) is 17.9 Å². The summed E-state index contributed by atoms with van der Waals surface area (Å²) in [6.07, 6.45) is 1.61. The summed E-state index contributed by atoms with van der Waals surface area (Å²) in [6, 6.07) is 6.69. The van der Waals surface area contributed by atoms with E-state index in [4.69, 9.17) is 21.8 Å². The summed E-state index contributed by atoms with van der Waals surface area (Å²) < 4.78 is 5.21. The van der Waals surface area contributed by atoms with Crippen LogP contribution in [0.3, 0.4) is 0 Å². The highest BCUT2D eigenvalue weighted by Gasteiger charge is 2.14. The van der Waals surface area contributed by atoms with E-state index in [9.17, 15) is 4.79 Å². The summed E-state index contributed by atoms with van der Waals surface area (Å²) in [5.41, 5.74) is 7.62. The molecule has 0 radical (unpaired) electrons. The van der Waals surface area contributed by atoms with Crippen molar-refractivity contribution in [2.75, 3.05) is 12.8 Å². The molecule has 19 heavy (non-hydrogen) atoms. The largest absolute Gasteiger partial charge is 0.469 e. The van der Waals surface area contributed by atoms with Gasteiger partial charge in [-0.25, -0.2) is 0 Å². The molecule has 0 fully saturated rings. The van der Waals surface area contributed by atoms with Crippen LogP contribution in [-0.2, 0) is 6.54 Å². The molecule has 0 bridgehead atoms. The SMILES string of the molecule is Cc1occc1CN(C)C(=O)c1cc(N)cc(Cl)c1. The summed E-state index contributed by atoms with van der Waals surface area (Å²) in [6.45, 7) is 2.35. The van der Waals surface area contributed by atoms with Crippen molar-refractivity contribution in [2.24, 2.45) is 0 Å². The maximum atomic E-state index is 12.3. The second-order valence-corrected chi connectivity index (χ2v) is 4.87. The first kappa shape index (κ1) is 13.5. The molecule has 5 heteroatoms. The Morgan fingerprint density at radius 2 is 2.16 bits per heavy atom. The van der Waals surface area contributed by atoms with Crippen molar-refractivity contribution < 1.29 is 9.21 Å². The summed E-state index contributed by atoms with van der Waals surface area (Å²) in [7, 11) is 1.73. The zero-order valence-corrected chi connectivity index (χ0v) is 11.6. The number of hydrogen-bond acceptors (Lipinski definition) is 3. The number of carbonyl (C=O) groups is 1. The number of amides is 1. The molecular formula is C14H15ClN2O2. The van der Waals surface area contributed by atoms with Crippen LogP contribution in [0.4, 0.5) is 5.69 Å². The number of aryl methyl sites for hydroxylation is 1. The lowest BCUT2D eigenvalue weighted by Crippen LogP contribution is -2.26. The lowest BCUT2D eigenvalue weighted by Gasteiger charge is -2.17. The number of benzene rings is 1. The number of rotatable bonds is 3. The van der Waals surface area contributed by atoms with Crippen LogP contribution >= 0.6 is 11.6 Å². The highest BCUT2D eigenvalue weighted by atomic mass is 35.5. The number of nitrogen functional groups attached to an aromatic ring is 1. The minimum absolute atomic E-state index is 0.130. The fourth-order valence-corrected chi connectivity index (χ4v) is 2.10. The number of furan rings is 1. The first-order chi connectivity index (χ1) is 8.97. The van der Waals surface area contributed by atoms with Gasteiger partial charge in [0, 0.05) is 35.4 Å². The Labute approximate surface area is 116 Å². The van der Waals surface area contributed by atoms with Crippen molar-refractivity contribution in [3.8, 4) is 0 Å². The van der Waals surface area contributed by atoms with E-state index in [0.717, 1.165) is 11.3 Å². The minimum atomic E-state index is -0.130. The van der Waals surface area contributed by atoms with Crippen molar-refractivity contribution in [1.82, 2.24) is 4.90 Å². The number of carbonyl (C=O) groups excluding carboxylic acids is 1. The first-order valence-corrected chi connectivity index (χ1v) is 6.19. The average Bonchev–Trinajstić information content (AvgIpc) is 2.72. The van der Waals surface area contributed by atoms with Gasteiger partial charge < -0.3 is 15.1 Å². The van der Waals surface area contributed by atoms with Gasteiger partial charge in [0.25, 0.3) is 5.91 Å². The van der Waals surface area contributed by atoms with Crippen LogP contribution in [0.15, 0.2) is 34.9 Å². The lowest BCUT2D eigenvalue weighted by atomic mass is 10.1. The van der Waals surface area contributed by atoms with Gasteiger partial charge in [0.15, 0.2) is 0 Å². The van der Waals surface area contributed by atoms with E-state index in [1.165, 1.54) is 0 Å². The van der Waals surface area contributed by atoms with Crippen molar-refractivity contribution >= 4 is 23.2 Å². The van der Waals surface area contributed by atoms with E-state index in [0.29, 0.717) is 22.8 Å². The van der Waals surface area contributed by atoms with E-state index in [1.54, 1.807) is 36.4 Å². The summed E-state index contributed by atoms with van der Waals surface area (Å²) in [4.78, 5) is 13.9. The molecule has 0 aliphatic carbocycles. The van der Waals surface area contributed by atoms with Gasteiger partial charge in [-0.05, 0) is 31.2 Å². The van der Waals surface area contributed by atoms with E-state index in [1.807, 2.05) is 13.0 Å². The standard InChI is InChI=1S/C14H15ClN2O2/c1-9-10(3-4-19-9)8-17(2)14(18)11-5-12(15)7-13(16)6-11/h3-7H,8,16H2,1-2H3. The molecule has 0 unspecified atom stereocenters. The van der Waals surface area contributed by atoms with E-state index < -0.39 is 0 Å². The summed E-state index contributed by atoms with van der Waals surface area (Å²) in [5.74, 6) is 0.681. The molecule has 1 aromatic carbocycles. The normalized spacial score (nSPS) is 10.5. The number of anilines is 1. The third kappa shape index (κ3) is 3.09. The van der Waals surface area contributed by atoms with Crippen molar-refractivity contribution in [3.05, 3.63) is 52.4 Å². The van der Waals surface area contributed by atoms with Crippen LogP contribution in [0.25, 0.3) is 0 Å². The summed E-state index contributed by atoms with van der Waals surface area (Å²) >= 11 is 5.90. The van der Waals surface area contributed by atoms with Gasteiger partial charge in [0.05, 0.1) is 6.26 Å². The Hall–Kier alpha value is -1.94. The molecule has 0 aliphatic heterocycles. The van der Waals surface area contributed by atoms with Crippen molar-refractivity contribution in [2.45, 2.75) is 13.5 Å². The Kier molecular flexibility index (Phi) is 3.81. The van der Waals surface area contributed by atoms with E-state index in [-0.39, 0.29) is 5.91 Å². The van der Waals surface area contributed by atoms with Gasteiger partial charge in [-0.1, -0.05) is 11.6 Å². The maximum absolute atomic E-state index is 12.3. The molecule has 0 saturated heterocycles. The van der Waals surface area contributed by atoms with Crippen molar-refractivity contribution in [1.29, 1.82) is 0 Å². The molecule has 0 saturated carbocycles. The highest BCUT2D eigenvalue weighted by Crippen LogP contribution is 2.19. The molecule has 0 atom stereocenters. The Bertz CT molecular complexity index is 587. The zero-order chi connectivity index (χ0) is 14.0. The van der Waals surface area contributed by atoms with Gasteiger partial charge in [-0.3, -0.25) is 4.79 Å². The van der Waals surface area contributed by atoms with E-state index >= 15 is 0 Å². The molecule has 1 amide bonds. The third-order valence-corrected chi connectivity index (χ3v) is 3.11. The fraction of sp³-hybridized carbons (Fsp3) is 0.214. The molecule has 0 spiro atoms.